The van der Waals surface area contributed by atoms with Crippen LogP contribution in [0.3, 0.4) is 0 Å². The number of nitrogens with zero attached hydrogens (tertiary/aromatic N) is 1. The number of esters is 1. The number of benzene rings is 4. The molecule has 1 aliphatic heterocycles. The summed E-state index contributed by atoms with van der Waals surface area (Å²) >= 11 is 6.49. The van der Waals surface area contributed by atoms with Crippen LogP contribution in [0.2, 0.25) is 5.02 Å². The van der Waals surface area contributed by atoms with Crippen molar-refractivity contribution < 1.29 is 28.7 Å². The van der Waals surface area contributed by atoms with Crippen molar-refractivity contribution in [1.29, 1.82) is 0 Å². The number of methoxy groups -OCH3 is 1. The molecule has 1 heterocycles. The Morgan fingerprint density at radius 3 is 1.92 bits per heavy atom. The van der Waals surface area contributed by atoms with Crippen molar-refractivity contribution >= 4 is 40.9 Å². The second-order valence-electron chi connectivity index (χ2n) is 8.42. The molecule has 2 amide bonds. The van der Waals surface area contributed by atoms with Crippen molar-refractivity contribution in [2.75, 3.05) is 12.0 Å². The van der Waals surface area contributed by atoms with E-state index < -0.39 is 29.7 Å². The fourth-order valence-corrected chi connectivity index (χ4v) is 4.52. The first-order chi connectivity index (χ1) is 18.4. The molecule has 7 nitrogen and oxygen atoms in total. The molecule has 0 saturated carbocycles. The van der Waals surface area contributed by atoms with Crippen LogP contribution in [0.5, 0.6) is 5.75 Å². The summed E-state index contributed by atoms with van der Waals surface area (Å²) in [7, 11) is 1.33. The molecule has 1 atom stereocenters. The van der Waals surface area contributed by atoms with Gasteiger partial charge in [0.1, 0.15) is 11.3 Å². The third-order valence-corrected chi connectivity index (χ3v) is 6.45. The maximum atomic E-state index is 13.4. The molecule has 0 spiro atoms. The SMILES string of the molecule is COc1cc(N2C(=O)c3ccccc3C2=O)c(Cl)cc1C(=O)O[C@@H](C(=O)c1ccccc1)c1ccccc1. The lowest BCUT2D eigenvalue weighted by molar-refractivity contribution is 0.0277. The van der Waals surface area contributed by atoms with Crippen LogP contribution >= 0.6 is 11.6 Å². The zero-order valence-corrected chi connectivity index (χ0v) is 20.8. The molecule has 38 heavy (non-hydrogen) atoms. The lowest BCUT2D eigenvalue weighted by atomic mass is 9.99. The number of hydrogen-bond acceptors (Lipinski definition) is 6. The molecule has 0 radical (unpaired) electrons. The first kappa shape index (κ1) is 24.9. The molecular weight excluding hydrogens is 506 g/mol. The lowest BCUT2D eigenvalue weighted by Crippen LogP contribution is -2.30. The van der Waals surface area contributed by atoms with Gasteiger partial charge in [0.15, 0.2) is 6.10 Å². The van der Waals surface area contributed by atoms with Crippen LogP contribution in [0, 0.1) is 0 Å². The van der Waals surface area contributed by atoms with Gasteiger partial charge in [0.25, 0.3) is 11.8 Å². The van der Waals surface area contributed by atoms with Crippen molar-refractivity contribution in [3.05, 3.63) is 130 Å². The van der Waals surface area contributed by atoms with E-state index in [0.29, 0.717) is 11.1 Å². The molecule has 4 aromatic carbocycles. The van der Waals surface area contributed by atoms with Gasteiger partial charge >= 0.3 is 5.97 Å². The van der Waals surface area contributed by atoms with Crippen molar-refractivity contribution in [3.8, 4) is 5.75 Å². The summed E-state index contributed by atoms with van der Waals surface area (Å²) in [4.78, 5) is 53.6. The molecule has 0 saturated heterocycles. The van der Waals surface area contributed by atoms with Crippen molar-refractivity contribution in [1.82, 2.24) is 0 Å². The Morgan fingerprint density at radius 2 is 1.34 bits per heavy atom. The molecular formula is C30H20ClNO6. The third-order valence-electron chi connectivity index (χ3n) is 6.15. The minimum absolute atomic E-state index is 0.0185. The van der Waals surface area contributed by atoms with E-state index in [1.165, 1.54) is 19.2 Å². The second-order valence-corrected chi connectivity index (χ2v) is 8.83. The fraction of sp³-hybridized carbons (Fsp3) is 0.0667. The van der Waals surface area contributed by atoms with E-state index in [4.69, 9.17) is 21.1 Å². The van der Waals surface area contributed by atoms with E-state index in [1.807, 2.05) is 0 Å². The first-order valence-corrected chi connectivity index (χ1v) is 12.0. The maximum absolute atomic E-state index is 13.4. The van der Waals surface area contributed by atoms with Crippen LogP contribution in [0.1, 0.15) is 53.1 Å². The number of imide groups is 1. The largest absolute Gasteiger partial charge is 0.496 e. The van der Waals surface area contributed by atoms with Gasteiger partial charge in [0.05, 0.1) is 28.9 Å². The van der Waals surface area contributed by atoms with Crippen LogP contribution in [0.4, 0.5) is 5.69 Å². The van der Waals surface area contributed by atoms with Gasteiger partial charge in [0.2, 0.25) is 5.78 Å². The summed E-state index contributed by atoms with van der Waals surface area (Å²) in [5.74, 6) is -2.33. The molecule has 1 aliphatic rings. The maximum Gasteiger partial charge on any atom is 0.343 e. The summed E-state index contributed by atoms with van der Waals surface area (Å²) in [5.41, 5.74) is 1.36. The van der Waals surface area contributed by atoms with E-state index in [9.17, 15) is 19.2 Å². The molecule has 0 unspecified atom stereocenters. The summed E-state index contributed by atoms with van der Waals surface area (Å²) in [6, 6.07) is 26.2. The van der Waals surface area contributed by atoms with E-state index in [0.717, 1.165) is 4.90 Å². The number of halogens is 1. The molecule has 4 aromatic rings. The van der Waals surface area contributed by atoms with Gasteiger partial charge in [-0.2, -0.15) is 0 Å². The number of ketones is 1. The molecule has 0 bridgehead atoms. The molecule has 0 fully saturated rings. The number of Topliss-reactive ketones (excluding diaryl/α,β-unsaturated/α-hetero) is 1. The number of anilines is 1. The number of hydrogen-bond donors (Lipinski definition) is 0. The van der Waals surface area contributed by atoms with E-state index in [1.54, 1.807) is 84.9 Å². The smallest absolute Gasteiger partial charge is 0.343 e. The number of ether oxygens (including phenoxy) is 2. The zero-order chi connectivity index (χ0) is 26.8. The van der Waals surface area contributed by atoms with Crippen LogP contribution in [-0.4, -0.2) is 30.7 Å². The van der Waals surface area contributed by atoms with Crippen LogP contribution < -0.4 is 9.64 Å². The van der Waals surface area contributed by atoms with Gasteiger partial charge in [-0.05, 0) is 18.2 Å². The fourth-order valence-electron chi connectivity index (χ4n) is 4.28. The van der Waals surface area contributed by atoms with Gasteiger partial charge in [-0.1, -0.05) is 84.4 Å². The number of rotatable bonds is 7. The summed E-state index contributed by atoms with van der Waals surface area (Å²) < 4.78 is 11.1. The van der Waals surface area contributed by atoms with Crippen molar-refractivity contribution in [3.63, 3.8) is 0 Å². The average molecular weight is 526 g/mol. The van der Waals surface area contributed by atoms with E-state index in [-0.39, 0.29) is 33.1 Å². The Hall–Kier alpha value is -4.75. The first-order valence-electron chi connectivity index (χ1n) is 11.6. The molecule has 188 valence electrons. The Kier molecular flexibility index (Phi) is 6.77. The Balaban J connectivity index is 1.49. The number of amides is 2. The quantitative estimate of drug-likeness (QED) is 0.169. The minimum Gasteiger partial charge on any atom is -0.496 e. The highest BCUT2D eigenvalue weighted by atomic mass is 35.5. The number of fused-ring (bicyclic) bond motifs is 1. The summed E-state index contributed by atoms with van der Waals surface area (Å²) in [6.07, 6.45) is -1.23. The predicted octanol–water partition coefficient (Wildman–Crippen LogP) is 5.93. The highest BCUT2D eigenvalue weighted by Gasteiger charge is 2.38. The molecule has 5 rings (SSSR count). The van der Waals surface area contributed by atoms with E-state index in [2.05, 4.69) is 0 Å². The summed E-state index contributed by atoms with van der Waals surface area (Å²) in [5, 5.41) is -0.0436. The Labute approximate surface area is 223 Å². The normalized spacial score (nSPS) is 13.2. The predicted molar refractivity (Wildman–Crippen MR) is 141 cm³/mol. The number of carbonyl (C=O) groups excluding carboxylic acids is 4. The van der Waals surface area contributed by atoms with Crippen LogP contribution in [0.25, 0.3) is 0 Å². The van der Waals surface area contributed by atoms with Gasteiger partial charge < -0.3 is 9.47 Å². The van der Waals surface area contributed by atoms with E-state index >= 15 is 0 Å². The summed E-state index contributed by atoms with van der Waals surface area (Å²) in [6.45, 7) is 0. The minimum atomic E-state index is -1.23. The van der Waals surface area contributed by atoms with Gasteiger partial charge in [0, 0.05) is 17.2 Å². The Morgan fingerprint density at radius 1 is 0.789 bits per heavy atom. The van der Waals surface area contributed by atoms with Crippen molar-refractivity contribution in [2.24, 2.45) is 0 Å². The molecule has 0 aliphatic carbocycles. The highest BCUT2D eigenvalue weighted by molar-refractivity contribution is 6.40. The Bertz CT molecular complexity index is 1530. The van der Waals surface area contributed by atoms with Gasteiger partial charge in [-0.15, -0.1) is 0 Å². The highest BCUT2D eigenvalue weighted by Crippen LogP contribution is 2.38. The third kappa shape index (κ3) is 4.44. The topological polar surface area (TPSA) is 90.0 Å². The van der Waals surface area contributed by atoms with Crippen molar-refractivity contribution in [2.45, 2.75) is 6.10 Å². The monoisotopic (exact) mass is 525 g/mol. The van der Waals surface area contributed by atoms with Crippen LogP contribution in [0.15, 0.2) is 97.1 Å². The zero-order valence-electron chi connectivity index (χ0n) is 20.1. The molecule has 8 heteroatoms. The second kappa shape index (κ2) is 10.3. The van der Waals surface area contributed by atoms with Crippen LogP contribution in [-0.2, 0) is 4.74 Å². The van der Waals surface area contributed by atoms with Gasteiger partial charge in [-0.25, -0.2) is 9.69 Å². The average Bonchev–Trinajstić information content (AvgIpc) is 3.21. The van der Waals surface area contributed by atoms with Gasteiger partial charge in [-0.3, -0.25) is 14.4 Å². The molecule has 0 aromatic heterocycles. The molecule has 0 N–H and O–H groups in total. The standard InChI is InChI=1S/C30H20ClNO6/c1-37-25-17-24(32-28(34)20-14-8-9-15-21(20)29(32)35)23(31)16-22(25)30(36)38-27(19-12-6-3-7-13-19)26(33)18-10-4-2-5-11-18/h2-17,27H,1H3/t27-/m1/s1. The number of carbonyl (C=O) groups is 4. The lowest BCUT2D eigenvalue weighted by Gasteiger charge is -2.20.